The molecule has 0 spiro atoms. The zero-order valence-corrected chi connectivity index (χ0v) is 13.5. The van der Waals surface area contributed by atoms with Gasteiger partial charge in [0.1, 0.15) is 0 Å². The maximum atomic E-state index is 11.1. The number of amides is 1. The Labute approximate surface area is 131 Å². The summed E-state index contributed by atoms with van der Waals surface area (Å²) in [5.41, 5.74) is 0.773. The molecule has 22 heavy (non-hydrogen) atoms. The van der Waals surface area contributed by atoms with Crippen molar-refractivity contribution < 1.29 is 9.53 Å². The summed E-state index contributed by atoms with van der Waals surface area (Å²) in [7, 11) is 1.78. The number of nitrogens with one attached hydrogen (secondary N) is 1. The van der Waals surface area contributed by atoms with Gasteiger partial charge in [-0.3, -0.25) is 14.4 Å². The Kier molecular flexibility index (Phi) is 4.78. The first-order valence-corrected chi connectivity index (χ1v) is 8.24. The third-order valence-corrected chi connectivity index (χ3v) is 4.88. The van der Waals surface area contributed by atoms with Gasteiger partial charge >= 0.3 is 0 Å². The summed E-state index contributed by atoms with van der Waals surface area (Å²) < 4.78 is 7.43. The Balaban J connectivity index is 1.69. The standard InChI is InChI=1S/C16H26N4O2/c1-12(21)18-13-8-17-20(9-13)15-7-16(11-22-2)19(10-15)14-5-3-4-6-14/h8-9,14-16H,3-7,10-11H2,1-2H3,(H,18,21)/t15-,16-/m0/s1. The molecule has 6 heteroatoms. The van der Waals surface area contributed by atoms with Gasteiger partial charge in [-0.25, -0.2) is 0 Å². The van der Waals surface area contributed by atoms with E-state index < -0.39 is 0 Å². The van der Waals surface area contributed by atoms with Crippen LogP contribution in [0.15, 0.2) is 12.4 Å². The highest BCUT2D eigenvalue weighted by molar-refractivity contribution is 5.88. The lowest BCUT2D eigenvalue weighted by Crippen LogP contribution is -2.40. The lowest BCUT2D eigenvalue weighted by Gasteiger charge is -2.29. The first-order valence-electron chi connectivity index (χ1n) is 8.24. The molecule has 122 valence electrons. The van der Waals surface area contributed by atoms with Crippen molar-refractivity contribution in [1.82, 2.24) is 14.7 Å². The van der Waals surface area contributed by atoms with Crippen LogP contribution in [0.25, 0.3) is 0 Å². The van der Waals surface area contributed by atoms with Crippen LogP contribution in [0.2, 0.25) is 0 Å². The van der Waals surface area contributed by atoms with Crippen LogP contribution < -0.4 is 5.32 Å². The van der Waals surface area contributed by atoms with Gasteiger partial charge in [0.05, 0.1) is 24.5 Å². The highest BCUT2D eigenvalue weighted by atomic mass is 16.5. The largest absolute Gasteiger partial charge is 0.383 e. The number of rotatable bonds is 5. The predicted octanol–water partition coefficient (Wildman–Crippen LogP) is 2.05. The van der Waals surface area contributed by atoms with Gasteiger partial charge in [0.2, 0.25) is 5.91 Å². The number of hydrogen-bond acceptors (Lipinski definition) is 4. The maximum Gasteiger partial charge on any atom is 0.221 e. The molecular weight excluding hydrogens is 280 g/mol. The van der Waals surface area contributed by atoms with Gasteiger partial charge in [-0.15, -0.1) is 0 Å². The number of aromatic nitrogens is 2. The Bertz CT molecular complexity index is 510. The van der Waals surface area contributed by atoms with Gasteiger partial charge in [-0.1, -0.05) is 12.8 Å². The molecule has 6 nitrogen and oxygen atoms in total. The van der Waals surface area contributed by atoms with Crippen LogP contribution in [0.1, 0.15) is 45.1 Å². The molecule has 3 rings (SSSR count). The van der Waals surface area contributed by atoms with Crippen molar-refractivity contribution in [3.05, 3.63) is 12.4 Å². The molecule has 0 radical (unpaired) electrons. The lowest BCUT2D eigenvalue weighted by atomic mass is 10.1. The second kappa shape index (κ2) is 6.79. The number of carbonyl (C=O) groups excluding carboxylic acids is 1. The Morgan fingerprint density at radius 3 is 2.86 bits per heavy atom. The van der Waals surface area contributed by atoms with Gasteiger partial charge in [0, 0.05) is 38.9 Å². The van der Waals surface area contributed by atoms with E-state index in [1.165, 1.54) is 32.6 Å². The monoisotopic (exact) mass is 306 g/mol. The normalized spacial score (nSPS) is 26.6. The SMILES string of the molecule is COC[C@@H]1C[C@H](n2cc(NC(C)=O)cn2)CN1C1CCCC1. The molecule has 1 aliphatic carbocycles. The van der Waals surface area contributed by atoms with Crippen LogP contribution >= 0.6 is 0 Å². The topological polar surface area (TPSA) is 59.4 Å². The molecule has 0 bridgehead atoms. The molecule has 1 saturated heterocycles. The molecule has 2 aliphatic rings. The van der Waals surface area contributed by atoms with E-state index in [4.69, 9.17) is 4.74 Å². The first kappa shape index (κ1) is 15.5. The number of anilines is 1. The first-order chi connectivity index (χ1) is 10.7. The summed E-state index contributed by atoms with van der Waals surface area (Å²) in [6, 6.07) is 1.55. The van der Waals surface area contributed by atoms with Crippen molar-refractivity contribution in [3.63, 3.8) is 0 Å². The van der Waals surface area contributed by atoms with Crippen molar-refractivity contribution in [1.29, 1.82) is 0 Å². The van der Waals surface area contributed by atoms with Crippen molar-refractivity contribution in [3.8, 4) is 0 Å². The van der Waals surface area contributed by atoms with Crippen LogP contribution in [0.5, 0.6) is 0 Å². The van der Waals surface area contributed by atoms with Gasteiger partial charge in [0.15, 0.2) is 0 Å². The quantitative estimate of drug-likeness (QED) is 0.904. The maximum absolute atomic E-state index is 11.1. The Hall–Kier alpha value is -1.40. The van der Waals surface area contributed by atoms with E-state index in [0.717, 1.165) is 25.3 Å². The smallest absolute Gasteiger partial charge is 0.221 e. The van der Waals surface area contributed by atoms with Crippen molar-refractivity contribution in [2.75, 3.05) is 25.6 Å². The molecule has 1 aromatic rings. The van der Waals surface area contributed by atoms with Crippen molar-refractivity contribution >= 4 is 11.6 Å². The highest BCUT2D eigenvalue weighted by Crippen LogP contribution is 2.34. The molecular formula is C16H26N4O2. The zero-order chi connectivity index (χ0) is 15.5. The predicted molar refractivity (Wildman–Crippen MR) is 84.8 cm³/mol. The summed E-state index contributed by atoms with van der Waals surface area (Å²) >= 11 is 0. The summed E-state index contributed by atoms with van der Waals surface area (Å²) in [4.78, 5) is 13.8. The minimum absolute atomic E-state index is 0.0594. The van der Waals surface area contributed by atoms with E-state index >= 15 is 0 Å². The summed E-state index contributed by atoms with van der Waals surface area (Å²) in [6.45, 7) is 3.33. The van der Waals surface area contributed by atoms with Crippen molar-refractivity contribution in [2.24, 2.45) is 0 Å². The van der Waals surface area contributed by atoms with E-state index in [1.54, 1.807) is 13.3 Å². The molecule has 1 aliphatic heterocycles. The third-order valence-electron chi connectivity index (χ3n) is 4.88. The van der Waals surface area contributed by atoms with Crippen LogP contribution in [0, 0.1) is 0 Å². The minimum Gasteiger partial charge on any atom is -0.383 e. The third kappa shape index (κ3) is 3.33. The molecule has 1 amide bonds. The summed E-state index contributed by atoms with van der Waals surface area (Å²) in [5.74, 6) is -0.0594. The van der Waals surface area contributed by atoms with E-state index in [-0.39, 0.29) is 5.91 Å². The summed E-state index contributed by atoms with van der Waals surface area (Å²) in [5, 5.41) is 7.23. The number of nitrogens with zero attached hydrogens (tertiary/aromatic N) is 3. The van der Waals surface area contributed by atoms with Gasteiger partial charge in [-0.05, 0) is 19.3 Å². The fraction of sp³-hybridized carbons (Fsp3) is 0.750. The molecule has 0 unspecified atom stereocenters. The zero-order valence-electron chi connectivity index (χ0n) is 13.5. The minimum atomic E-state index is -0.0594. The van der Waals surface area contributed by atoms with E-state index in [1.807, 2.05) is 10.9 Å². The number of methoxy groups -OCH3 is 1. The van der Waals surface area contributed by atoms with Crippen LogP contribution in [-0.2, 0) is 9.53 Å². The fourth-order valence-electron chi connectivity index (χ4n) is 3.95. The average molecular weight is 306 g/mol. The molecule has 1 N–H and O–H groups in total. The van der Waals surface area contributed by atoms with Gasteiger partial charge in [0.25, 0.3) is 0 Å². The summed E-state index contributed by atoms with van der Waals surface area (Å²) in [6.07, 6.45) is 10.0. The fourth-order valence-corrected chi connectivity index (χ4v) is 3.95. The highest BCUT2D eigenvalue weighted by Gasteiger charge is 2.38. The Morgan fingerprint density at radius 1 is 1.41 bits per heavy atom. The molecule has 2 atom stereocenters. The Morgan fingerprint density at radius 2 is 2.18 bits per heavy atom. The van der Waals surface area contributed by atoms with Crippen LogP contribution in [-0.4, -0.2) is 52.9 Å². The molecule has 1 aromatic heterocycles. The second-order valence-corrected chi connectivity index (χ2v) is 6.52. The van der Waals surface area contributed by atoms with Gasteiger partial charge < -0.3 is 10.1 Å². The number of carbonyl (C=O) groups is 1. The molecule has 0 aromatic carbocycles. The van der Waals surface area contributed by atoms with E-state index in [9.17, 15) is 4.79 Å². The molecule has 2 heterocycles. The van der Waals surface area contributed by atoms with Crippen LogP contribution in [0.4, 0.5) is 5.69 Å². The van der Waals surface area contributed by atoms with Crippen LogP contribution in [0.3, 0.4) is 0 Å². The van der Waals surface area contributed by atoms with E-state index in [0.29, 0.717) is 18.1 Å². The lowest BCUT2D eigenvalue weighted by molar-refractivity contribution is -0.114. The average Bonchev–Trinajstić information content (AvgIpc) is 3.16. The second-order valence-electron chi connectivity index (χ2n) is 6.52. The number of hydrogen-bond donors (Lipinski definition) is 1. The number of ether oxygens (including phenoxy) is 1. The molecule has 2 fully saturated rings. The van der Waals surface area contributed by atoms with Crippen molar-refractivity contribution in [2.45, 2.75) is 57.2 Å². The van der Waals surface area contributed by atoms with Gasteiger partial charge in [-0.2, -0.15) is 5.10 Å². The van der Waals surface area contributed by atoms with E-state index in [2.05, 4.69) is 15.3 Å². The molecule has 1 saturated carbocycles. The number of likely N-dealkylation sites (tertiary alicyclic amines) is 1.